The second-order valence-electron chi connectivity index (χ2n) is 8.59. The van der Waals surface area contributed by atoms with Gasteiger partial charge in [0.15, 0.2) is 0 Å². The first-order valence-corrected chi connectivity index (χ1v) is 11.0. The van der Waals surface area contributed by atoms with Crippen LogP contribution in [0, 0.1) is 19.8 Å². The summed E-state index contributed by atoms with van der Waals surface area (Å²) in [5.41, 5.74) is 4.14. The van der Waals surface area contributed by atoms with Gasteiger partial charge in [0, 0.05) is 13.0 Å². The van der Waals surface area contributed by atoms with Gasteiger partial charge in [0.05, 0.1) is 5.94 Å². The summed E-state index contributed by atoms with van der Waals surface area (Å²) in [4.78, 5) is 25.6. The topological polar surface area (TPSA) is 111 Å². The van der Waals surface area contributed by atoms with Gasteiger partial charge in [-0.25, -0.2) is 4.79 Å². The van der Waals surface area contributed by atoms with Crippen molar-refractivity contribution in [2.24, 2.45) is 5.92 Å². The molecule has 8 heteroatoms. The summed E-state index contributed by atoms with van der Waals surface area (Å²) in [5, 5.41) is 27.6. The quantitative estimate of drug-likeness (QED) is 0.366. The molecule has 0 aliphatic rings. The number of amides is 3. The molecule has 2 rings (SSSR count). The minimum Gasteiger partial charge on any atom is -0.426 e. The van der Waals surface area contributed by atoms with Crippen LogP contribution in [0.4, 0.5) is 4.79 Å². The van der Waals surface area contributed by atoms with Crippen LogP contribution in [0.1, 0.15) is 42.5 Å². The molecule has 32 heavy (non-hydrogen) atoms. The lowest BCUT2D eigenvalue weighted by atomic mass is 9.75. The van der Waals surface area contributed by atoms with Crippen molar-refractivity contribution in [3.8, 4) is 0 Å². The minimum absolute atomic E-state index is 0.156. The predicted octanol–water partition coefficient (Wildman–Crippen LogP) is 2.26. The molecule has 7 nitrogen and oxygen atoms in total. The highest BCUT2D eigenvalue weighted by atomic mass is 16.4. The van der Waals surface area contributed by atoms with Gasteiger partial charge in [-0.1, -0.05) is 62.4 Å². The first-order valence-electron chi connectivity index (χ1n) is 11.0. The van der Waals surface area contributed by atoms with E-state index in [0.29, 0.717) is 13.0 Å². The third-order valence-electron chi connectivity index (χ3n) is 5.47. The Morgan fingerprint density at radius 2 is 1.66 bits per heavy atom. The van der Waals surface area contributed by atoms with Crippen molar-refractivity contribution < 1.29 is 19.6 Å². The number of carbonyl (C=O) groups is 2. The molecule has 2 aromatic rings. The number of hydrogen-bond acceptors (Lipinski definition) is 4. The summed E-state index contributed by atoms with van der Waals surface area (Å²) in [6.45, 7) is 8.22. The highest BCUT2D eigenvalue weighted by Gasteiger charge is 2.30. The van der Waals surface area contributed by atoms with E-state index in [1.54, 1.807) is 0 Å². The summed E-state index contributed by atoms with van der Waals surface area (Å²) in [5.74, 6) is -1.13. The minimum atomic E-state index is -1.68. The van der Waals surface area contributed by atoms with Gasteiger partial charge in [0.1, 0.15) is 6.04 Å². The van der Waals surface area contributed by atoms with E-state index in [1.807, 2.05) is 76.2 Å². The van der Waals surface area contributed by atoms with Gasteiger partial charge in [-0.05, 0) is 48.4 Å². The average molecular weight is 439 g/mol. The number of hydrogen-bond donors (Lipinski definition) is 5. The molecule has 0 aliphatic carbocycles. The number of carbonyl (C=O) groups excluding carboxylic acids is 2. The molecule has 0 saturated carbocycles. The van der Waals surface area contributed by atoms with Crippen molar-refractivity contribution in [1.82, 2.24) is 16.0 Å². The molecule has 172 valence electrons. The molecule has 0 heterocycles. The molecule has 0 saturated heterocycles. The zero-order valence-electron chi connectivity index (χ0n) is 19.3. The predicted molar refractivity (Wildman–Crippen MR) is 127 cm³/mol. The molecule has 0 radical (unpaired) electrons. The van der Waals surface area contributed by atoms with Crippen LogP contribution in [0.3, 0.4) is 0 Å². The zero-order chi connectivity index (χ0) is 23.7. The van der Waals surface area contributed by atoms with Gasteiger partial charge in [-0.3, -0.25) is 4.79 Å². The van der Waals surface area contributed by atoms with Crippen LogP contribution >= 0.6 is 0 Å². The lowest BCUT2D eigenvalue weighted by Crippen LogP contribution is -2.56. The zero-order valence-corrected chi connectivity index (χ0v) is 19.3. The Morgan fingerprint density at radius 1 is 0.969 bits per heavy atom. The molecule has 0 unspecified atom stereocenters. The van der Waals surface area contributed by atoms with E-state index < -0.39 is 31.0 Å². The standard InChI is InChI=1S/C24H34BN3O4/c1-16(2)13-22(25(31)32)28-23(29)21(14-19-10-6-5-7-11-19)27-24(30)26-15-20-12-8-9-17(3)18(20)4/h5-12,16,21-22,31-32H,13-15H2,1-4H3,(H,28,29)(H2,26,27,30)/t21-,22-/m0/s1. The number of urea groups is 1. The Balaban J connectivity index is 2.09. The highest BCUT2D eigenvalue weighted by Crippen LogP contribution is 2.12. The molecular weight excluding hydrogens is 405 g/mol. The van der Waals surface area contributed by atoms with Crippen molar-refractivity contribution in [3.63, 3.8) is 0 Å². The lowest BCUT2D eigenvalue weighted by Gasteiger charge is -2.24. The second-order valence-corrected chi connectivity index (χ2v) is 8.59. The van der Waals surface area contributed by atoms with Crippen molar-refractivity contribution in [3.05, 3.63) is 70.8 Å². The maximum Gasteiger partial charge on any atom is 0.475 e. The van der Waals surface area contributed by atoms with Crippen LogP contribution in [0.15, 0.2) is 48.5 Å². The molecule has 0 aliphatic heterocycles. The number of nitrogens with one attached hydrogen (secondary N) is 3. The number of benzene rings is 2. The first-order chi connectivity index (χ1) is 15.2. The van der Waals surface area contributed by atoms with Crippen molar-refractivity contribution in [2.75, 3.05) is 0 Å². The van der Waals surface area contributed by atoms with Crippen LogP contribution in [0.25, 0.3) is 0 Å². The largest absolute Gasteiger partial charge is 0.475 e. The van der Waals surface area contributed by atoms with E-state index in [4.69, 9.17) is 0 Å². The van der Waals surface area contributed by atoms with Gasteiger partial charge in [-0.15, -0.1) is 0 Å². The van der Waals surface area contributed by atoms with Crippen LogP contribution in [0.2, 0.25) is 0 Å². The molecule has 0 aromatic heterocycles. The summed E-state index contributed by atoms with van der Waals surface area (Å²) >= 11 is 0. The van der Waals surface area contributed by atoms with Gasteiger partial charge >= 0.3 is 13.1 Å². The van der Waals surface area contributed by atoms with Crippen LogP contribution in [-0.2, 0) is 17.8 Å². The molecule has 0 bridgehead atoms. The summed E-state index contributed by atoms with van der Waals surface area (Å²) in [6.07, 6.45) is 0.680. The normalized spacial score (nSPS) is 12.7. The molecule has 0 spiro atoms. The summed E-state index contributed by atoms with van der Waals surface area (Å²) in [7, 11) is -1.68. The lowest BCUT2D eigenvalue weighted by molar-refractivity contribution is -0.123. The SMILES string of the molecule is Cc1cccc(CNC(=O)N[C@@H](Cc2ccccc2)C(=O)N[C@@H](CC(C)C)B(O)O)c1C. The maximum absolute atomic E-state index is 13.0. The molecule has 2 atom stereocenters. The fraction of sp³-hybridized carbons (Fsp3) is 0.417. The summed E-state index contributed by atoms with van der Waals surface area (Å²) in [6, 6.07) is 13.9. The van der Waals surface area contributed by atoms with Crippen LogP contribution < -0.4 is 16.0 Å². The van der Waals surface area contributed by atoms with E-state index in [9.17, 15) is 19.6 Å². The number of aryl methyl sites for hydroxylation is 1. The molecule has 3 amide bonds. The van der Waals surface area contributed by atoms with Gasteiger partial charge in [0.25, 0.3) is 0 Å². The highest BCUT2D eigenvalue weighted by molar-refractivity contribution is 6.43. The molecule has 2 aromatic carbocycles. The molecule has 5 N–H and O–H groups in total. The van der Waals surface area contributed by atoms with E-state index in [0.717, 1.165) is 22.3 Å². The van der Waals surface area contributed by atoms with E-state index in [1.165, 1.54) is 0 Å². The molecule has 0 fully saturated rings. The average Bonchev–Trinajstić information content (AvgIpc) is 2.74. The smallest absolute Gasteiger partial charge is 0.426 e. The molecular formula is C24H34BN3O4. The van der Waals surface area contributed by atoms with Crippen molar-refractivity contribution in [2.45, 2.75) is 59.1 Å². The van der Waals surface area contributed by atoms with Gasteiger partial charge in [0.2, 0.25) is 5.91 Å². The van der Waals surface area contributed by atoms with E-state index in [2.05, 4.69) is 16.0 Å². The third kappa shape index (κ3) is 8.02. The summed E-state index contributed by atoms with van der Waals surface area (Å²) < 4.78 is 0. The first kappa shape index (κ1) is 25.4. The fourth-order valence-corrected chi connectivity index (χ4v) is 3.49. The Labute approximate surface area is 190 Å². The monoisotopic (exact) mass is 439 g/mol. The maximum atomic E-state index is 13.0. The Bertz CT molecular complexity index is 890. The van der Waals surface area contributed by atoms with Crippen LogP contribution in [-0.4, -0.2) is 41.1 Å². The van der Waals surface area contributed by atoms with E-state index in [-0.39, 0.29) is 12.3 Å². The van der Waals surface area contributed by atoms with Gasteiger partial charge in [-0.2, -0.15) is 0 Å². The van der Waals surface area contributed by atoms with Crippen molar-refractivity contribution >= 4 is 19.1 Å². The Hall–Kier alpha value is -2.84. The van der Waals surface area contributed by atoms with Gasteiger partial charge < -0.3 is 26.0 Å². The Kier molecular flexibility index (Phi) is 9.75. The fourth-order valence-electron chi connectivity index (χ4n) is 3.49. The van der Waals surface area contributed by atoms with Crippen LogP contribution in [0.5, 0.6) is 0 Å². The Morgan fingerprint density at radius 3 is 2.28 bits per heavy atom. The number of rotatable bonds is 10. The third-order valence-corrected chi connectivity index (χ3v) is 5.47. The van der Waals surface area contributed by atoms with E-state index >= 15 is 0 Å². The van der Waals surface area contributed by atoms with Crippen molar-refractivity contribution in [1.29, 1.82) is 0 Å². The second kappa shape index (κ2) is 12.3.